The van der Waals surface area contributed by atoms with Crippen molar-refractivity contribution in [3.8, 4) is 0 Å². The van der Waals surface area contributed by atoms with E-state index in [1.165, 1.54) is 10.6 Å². The normalized spacial score (nSPS) is 23.2. The molecule has 0 N–H and O–H groups in total. The van der Waals surface area contributed by atoms with Crippen molar-refractivity contribution in [1.29, 1.82) is 0 Å². The van der Waals surface area contributed by atoms with E-state index in [9.17, 15) is 0 Å². The molecule has 0 unspecified atom stereocenters. The van der Waals surface area contributed by atoms with Crippen LogP contribution in [0.1, 0.15) is 17.0 Å². The summed E-state index contributed by atoms with van der Waals surface area (Å²) in [5.41, 5.74) is 1.38. The van der Waals surface area contributed by atoms with E-state index in [1.807, 2.05) is 18.7 Å². The second-order valence-electron chi connectivity index (χ2n) is 5.22. The standard InChI is InChI=1S/C16H20N2OS/c1-19-15-7-9-18(12-16-17-8-10-20-16)14(15)11-13-5-3-2-4-6-13/h2-6,8,10,14-15H,7,9,11-12H2,1H3/t14-,15-/m1/s1. The number of benzene rings is 1. The van der Waals surface area contributed by atoms with Crippen LogP contribution < -0.4 is 0 Å². The summed E-state index contributed by atoms with van der Waals surface area (Å²) in [6.07, 6.45) is 4.37. The zero-order chi connectivity index (χ0) is 13.8. The molecule has 0 spiro atoms. The van der Waals surface area contributed by atoms with Crippen molar-refractivity contribution in [2.75, 3.05) is 13.7 Å². The van der Waals surface area contributed by atoms with Gasteiger partial charge in [-0.05, 0) is 18.4 Å². The summed E-state index contributed by atoms with van der Waals surface area (Å²) in [7, 11) is 1.83. The molecule has 3 rings (SSSR count). The summed E-state index contributed by atoms with van der Waals surface area (Å²) in [6, 6.07) is 11.1. The zero-order valence-electron chi connectivity index (χ0n) is 11.7. The molecule has 1 saturated heterocycles. The van der Waals surface area contributed by atoms with Gasteiger partial charge in [0, 0.05) is 31.3 Å². The molecule has 106 valence electrons. The van der Waals surface area contributed by atoms with E-state index >= 15 is 0 Å². The van der Waals surface area contributed by atoms with Gasteiger partial charge in [-0.2, -0.15) is 0 Å². The second-order valence-corrected chi connectivity index (χ2v) is 6.20. The summed E-state index contributed by atoms with van der Waals surface area (Å²) in [6.45, 7) is 2.03. The number of ether oxygens (including phenoxy) is 1. The van der Waals surface area contributed by atoms with Gasteiger partial charge in [-0.1, -0.05) is 30.3 Å². The Hall–Kier alpha value is -1.23. The van der Waals surface area contributed by atoms with Crippen LogP contribution in [0.4, 0.5) is 0 Å². The Morgan fingerprint density at radius 1 is 1.35 bits per heavy atom. The molecular formula is C16H20N2OS. The lowest BCUT2D eigenvalue weighted by molar-refractivity contribution is 0.0638. The summed E-state index contributed by atoms with van der Waals surface area (Å²) in [4.78, 5) is 6.92. The van der Waals surface area contributed by atoms with Gasteiger partial charge in [-0.25, -0.2) is 4.98 Å². The molecule has 0 aliphatic carbocycles. The van der Waals surface area contributed by atoms with Crippen molar-refractivity contribution in [1.82, 2.24) is 9.88 Å². The highest BCUT2D eigenvalue weighted by Gasteiger charge is 2.34. The maximum Gasteiger partial charge on any atom is 0.107 e. The van der Waals surface area contributed by atoms with Crippen LogP contribution in [0.25, 0.3) is 0 Å². The Balaban J connectivity index is 1.72. The van der Waals surface area contributed by atoms with E-state index in [0.29, 0.717) is 12.1 Å². The number of methoxy groups -OCH3 is 1. The minimum atomic E-state index is 0.329. The average molecular weight is 288 g/mol. The summed E-state index contributed by atoms with van der Waals surface area (Å²) in [5.74, 6) is 0. The molecule has 2 heterocycles. The molecule has 0 bridgehead atoms. The van der Waals surface area contributed by atoms with E-state index in [1.54, 1.807) is 11.3 Å². The minimum absolute atomic E-state index is 0.329. The van der Waals surface area contributed by atoms with Crippen molar-refractivity contribution in [2.45, 2.75) is 31.5 Å². The quantitative estimate of drug-likeness (QED) is 0.846. The topological polar surface area (TPSA) is 25.4 Å². The van der Waals surface area contributed by atoms with Crippen LogP contribution in [-0.2, 0) is 17.7 Å². The molecule has 20 heavy (non-hydrogen) atoms. The zero-order valence-corrected chi connectivity index (χ0v) is 12.6. The fourth-order valence-electron chi connectivity index (χ4n) is 2.98. The Labute approximate surface area is 124 Å². The highest BCUT2D eigenvalue weighted by molar-refractivity contribution is 7.09. The molecule has 1 fully saturated rings. The monoisotopic (exact) mass is 288 g/mol. The first-order valence-electron chi connectivity index (χ1n) is 7.06. The van der Waals surface area contributed by atoms with Crippen molar-refractivity contribution in [2.24, 2.45) is 0 Å². The summed E-state index contributed by atoms with van der Waals surface area (Å²) >= 11 is 1.73. The largest absolute Gasteiger partial charge is 0.380 e. The SMILES string of the molecule is CO[C@@H]1CCN(Cc2nccs2)[C@@H]1Cc1ccccc1. The smallest absolute Gasteiger partial charge is 0.107 e. The van der Waals surface area contributed by atoms with Crippen LogP contribution in [0, 0.1) is 0 Å². The first kappa shape index (κ1) is 13.7. The predicted molar refractivity (Wildman–Crippen MR) is 81.9 cm³/mol. The molecule has 1 aliphatic heterocycles. The number of hydrogen-bond acceptors (Lipinski definition) is 4. The van der Waals surface area contributed by atoms with Gasteiger partial charge in [0.15, 0.2) is 0 Å². The fourth-order valence-corrected chi connectivity index (χ4v) is 3.62. The lowest BCUT2D eigenvalue weighted by Gasteiger charge is -2.27. The molecule has 4 heteroatoms. The number of rotatable bonds is 5. The molecule has 1 aromatic carbocycles. The number of nitrogens with zero attached hydrogens (tertiary/aromatic N) is 2. The second kappa shape index (κ2) is 6.48. The highest BCUT2D eigenvalue weighted by atomic mass is 32.1. The van der Waals surface area contributed by atoms with Gasteiger partial charge in [0.25, 0.3) is 0 Å². The van der Waals surface area contributed by atoms with E-state index in [2.05, 4.69) is 40.2 Å². The van der Waals surface area contributed by atoms with Crippen LogP contribution in [0.15, 0.2) is 41.9 Å². The van der Waals surface area contributed by atoms with Crippen LogP contribution in [-0.4, -0.2) is 35.7 Å². The lowest BCUT2D eigenvalue weighted by atomic mass is 10.0. The van der Waals surface area contributed by atoms with E-state index in [-0.39, 0.29) is 0 Å². The van der Waals surface area contributed by atoms with Gasteiger partial charge in [0.1, 0.15) is 5.01 Å². The van der Waals surface area contributed by atoms with E-state index in [4.69, 9.17) is 4.74 Å². The molecule has 0 saturated carbocycles. The summed E-state index contributed by atoms with van der Waals surface area (Å²) in [5, 5.41) is 3.24. The molecule has 2 atom stereocenters. The van der Waals surface area contributed by atoms with Gasteiger partial charge in [-0.3, -0.25) is 4.90 Å². The maximum absolute atomic E-state index is 5.69. The van der Waals surface area contributed by atoms with Gasteiger partial charge in [0.2, 0.25) is 0 Å². The number of likely N-dealkylation sites (tertiary alicyclic amines) is 1. The highest BCUT2D eigenvalue weighted by Crippen LogP contribution is 2.26. The molecule has 0 amide bonds. The minimum Gasteiger partial charge on any atom is -0.380 e. The Bertz CT molecular complexity index is 515. The van der Waals surface area contributed by atoms with E-state index < -0.39 is 0 Å². The molecule has 2 aromatic rings. The van der Waals surface area contributed by atoms with Crippen molar-refractivity contribution >= 4 is 11.3 Å². The van der Waals surface area contributed by atoms with E-state index in [0.717, 1.165) is 25.9 Å². The van der Waals surface area contributed by atoms with Crippen LogP contribution in [0.2, 0.25) is 0 Å². The van der Waals surface area contributed by atoms with Crippen LogP contribution in [0.5, 0.6) is 0 Å². The van der Waals surface area contributed by atoms with Crippen LogP contribution >= 0.6 is 11.3 Å². The van der Waals surface area contributed by atoms with Gasteiger partial charge in [0.05, 0.1) is 12.6 Å². The number of hydrogen-bond donors (Lipinski definition) is 0. The Morgan fingerprint density at radius 2 is 2.20 bits per heavy atom. The third-order valence-corrected chi connectivity index (χ3v) is 4.78. The first-order chi connectivity index (χ1) is 9.86. The molecule has 1 aliphatic rings. The van der Waals surface area contributed by atoms with Crippen molar-refractivity contribution < 1.29 is 4.74 Å². The van der Waals surface area contributed by atoms with Gasteiger partial charge >= 0.3 is 0 Å². The third kappa shape index (κ3) is 3.08. The molecule has 3 nitrogen and oxygen atoms in total. The molecule has 1 aromatic heterocycles. The van der Waals surface area contributed by atoms with Crippen molar-refractivity contribution in [3.05, 3.63) is 52.5 Å². The van der Waals surface area contributed by atoms with Gasteiger partial charge < -0.3 is 4.74 Å². The Kier molecular flexibility index (Phi) is 4.45. The summed E-state index contributed by atoms with van der Waals surface area (Å²) < 4.78 is 5.69. The van der Waals surface area contributed by atoms with Gasteiger partial charge in [-0.15, -0.1) is 11.3 Å². The molecular weight excluding hydrogens is 268 g/mol. The number of thiazole rings is 1. The first-order valence-corrected chi connectivity index (χ1v) is 7.94. The van der Waals surface area contributed by atoms with Crippen LogP contribution in [0.3, 0.4) is 0 Å². The van der Waals surface area contributed by atoms with Crippen molar-refractivity contribution in [3.63, 3.8) is 0 Å². The fraction of sp³-hybridized carbons (Fsp3) is 0.438. The number of aromatic nitrogens is 1. The Morgan fingerprint density at radius 3 is 2.90 bits per heavy atom. The maximum atomic E-state index is 5.69. The average Bonchev–Trinajstić information content (AvgIpc) is 3.11. The lowest BCUT2D eigenvalue weighted by Crippen LogP contribution is -2.37. The predicted octanol–water partition coefficient (Wildman–Crippen LogP) is 2.98. The molecule has 0 radical (unpaired) electrons. The third-order valence-electron chi connectivity index (χ3n) is 4.01.